The first-order valence-electron chi connectivity index (χ1n) is 12.7. The van der Waals surface area contributed by atoms with Crippen LogP contribution in [0.1, 0.15) is 25.7 Å². The molecule has 4 heterocycles. The van der Waals surface area contributed by atoms with Crippen molar-refractivity contribution in [2.75, 3.05) is 11.1 Å². The molecule has 0 amide bonds. The van der Waals surface area contributed by atoms with Crippen molar-refractivity contribution in [3.8, 4) is 28.3 Å². The van der Waals surface area contributed by atoms with E-state index in [4.69, 9.17) is 15.7 Å². The van der Waals surface area contributed by atoms with Crippen molar-refractivity contribution >= 4 is 28.8 Å². The van der Waals surface area contributed by atoms with Gasteiger partial charge in [0, 0.05) is 17.8 Å². The lowest BCUT2D eigenvalue weighted by Crippen LogP contribution is -2.29. The highest BCUT2D eigenvalue weighted by molar-refractivity contribution is 5.84. The maximum atomic E-state index is 11.3. The van der Waals surface area contributed by atoms with Crippen molar-refractivity contribution in [3.63, 3.8) is 0 Å². The van der Waals surface area contributed by atoms with Crippen molar-refractivity contribution in [1.29, 1.82) is 0 Å². The summed E-state index contributed by atoms with van der Waals surface area (Å²) in [6, 6.07) is 21.8. The maximum Gasteiger partial charge on any atom is 0.306 e. The summed E-state index contributed by atoms with van der Waals surface area (Å²) >= 11 is 0. The van der Waals surface area contributed by atoms with E-state index in [2.05, 4.69) is 15.3 Å². The van der Waals surface area contributed by atoms with Crippen molar-refractivity contribution in [2.24, 2.45) is 5.92 Å². The molecule has 0 radical (unpaired) electrons. The molecular formula is C29H27N7O2. The van der Waals surface area contributed by atoms with E-state index in [0.717, 1.165) is 41.1 Å². The Kier molecular flexibility index (Phi) is 6.17. The molecule has 6 rings (SSSR count). The van der Waals surface area contributed by atoms with Crippen molar-refractivity contribution < 1.29 is 9.90 Å². The van der Waals surface area contributed by atoms with E-state index in [-0.39, 0.29) is 12.0 Å². The summed E-state index contributed by atoms with van der Waals surface area (Å²) in [5.74, 6) is 0.822. The number of pyridine rings is 3. The highest BCUT2D eigenvalue weighted by atomic mass is 16.4. The van der Waals surface area contributed by atoms with Crippen LogP contribution >= 0.6 is 0 Å². The zero-order valence-electron chi connectivity index (χ0n) is 20.7. The van der Waals surface area contributed by atoms with Crippen molar-refractivity contribution in [2.45, 2.75) is 31.7 Å². The highest BCUT2D eigenvalue weighted by Gasteiger charge is 2.26. The molecule has 1 saturated carbocycles. The van der Waals surface area contributed by atoms with E-state index in [1.54, 1.807) is 12.4 Å². The first kappa shape index (κ1) is 23.6. The Labute approximate surface area is 219 Å². The molecule has 0 saturated heterocycles. The van der Waals surface area contributed by atoms with Gasteiger partial charge in [0.1, 0.15) is 17.2 Å². The van der Waals surface area contributed by atoms with E-state index in [1.165, 1.54) is 0 Å². The zero-order valence-corrected chi connectivity index (χ0v) is 20.7. The average molecular weight is 506 g/mol. The van der Waals surface area contributed by atoms with Crippen LogP contribution in [0.5, 0.6) is 0 Å². The van der Waals surface area contributed by atoms with Crippen LogP contribution in [-0.2, 0) is 4.79 Å². The van der Waals surface area contributed by atoms with Crippen LogP contribution in [0.4, 0.5) is 11.6 Å². The van der Waals surface area contributed by atoms with Gasteiger partial charge >= 0.3 is 5.97 Å². The van der Waals surface area contributed by atoms with Gasteiger partial charge in [-0.15, -0.1) is 0 Å². The monoisotopic (exact) mass is 505 g/mol. The third kappa shape index (κ3) is 4.54. The number of fused-ring (bicyclic) bond motifs is 1. The van der Waals surface area contributed by atoms with Crippen LogP contribution in [0.3, 0.4) is 0 Å². The number of aliphatic carboxylic acids is 1. The van der Waals surface area contributed by atoms with Crippen LogP contribution < -0.4 is 11.1 Å². The van der Waals surface area contributed by atoms with Crippen LogP contribution in [0.25, 0.3) is 39.5 Å². The second-order valence-electron chi connectivity index (χ2n) is 9.55. The van der Waals surface area contributed by atoms with Gasteiger partial charge in [-0.05, 0) is 62.1 Å². The minimum atomic E-state index is -0.701. The number of anilines is 2. The van der Waals surface area contributed by atoms with Crippen LogP contribution in [-0.4, -0.2) is 41.6 Å². The molecule has 1 fully saturated rings. The average Bonchev–Trinajstić information content (AvgIpc) is 3.33. The minimum absolute atomic E-state index is 0.207. The number of aromatic nitrogens is 5. The van der Waals surface area contributed by atoms with Crippen molar-refractivity contribution in [3.05, 3.63) is 79.1 Å². The van der Waals surface area contributed by atoms with Crippen molar-refractivity contribution in [1.82, 2.24) is 24.5 Å². The van der Waals surface area contributed by atoms with E-state index in [1.807, 2.05) is 71.3 Å². The third-order valence-electron chi connectivity index (χ3n) is 7.09. The summed E-state index contributed by atoms with van der Waals surface area (Å²) in [7, 11) is 0. The molecule has 0 atom stereocenters. The molecule has 0 spiro atoms. The largest absolute Gasteiger partial charge is 0.481 e. The molecule has 0 bridgehead atoms. The van der Waals surface area contributed by atoms with E-state index in [9.17, 15) is 9.90 Å². The predicted molar refractivity (Wildman–Crippen MR) is 147 cm³/mol. The lowest BCUT2D eigenvalue weighted by molar-refractivity contribution is -0.142. The smallest absolute Gasteiger partial charge is 0.306 e. The molecule has 0 unspecified atom stereocenters. The van der Waals surface area contributed by atoms with Gasteiger partial charge in [-0.2, -0.15) is 0 Å². The van der Waals surface area contributed by atoms with E-state index >= 15 is 0 Å². The van der Waals surface area contributed by atoms with Gasteiger partial charge in [0.05, 0.1) is 29.1 Å². The summed E-state index contributed by atoms with van der Waals surface area (Å²) in [6.45, 7) is 0. The van der Waals surface area contributed by atoms with Gasteiger partial charge in [0.2, 0.25) is 0 Å². The number of benzene rings is 1. The Bertz CT molecular complexity index is 1590. The lowest BCUT2D eigenvalue weighted by Gasteiger charge is -2.27. The van der Waals surface area contributed by atoms with Gasteiger partial charge in [-0.25, -0.2) is 19.9 Å². The highest BCUT2D eigenvalue weighted by Crippen LogP contribution is 2.32. The van der Waals surface area contributed by atoms with E-state index < -0.39 is 5.97 Å². The zero-order chi connectivity index (χ0) is 26.1. The van der Waals surface area contributed by atoms with Gasteiger partial charge in [-0.3, -0.25) is 9.36 Å². The fourth-order valence-corrected chi connectivity index (χ4v) is 5.06. The molecule has 1 aromatic carbocycles. The molecule has 190 valence electrons. The molecule has 1 aliphatic carbocycles. The molecule has 9 nitrogen and oxygen atoms in total. The number of carboxylic acids is 1. The maximum absolute atomic E-state index is 11.3. The number of imidazole rings is 1. The number of nitrogens with two attached hydrogens (primary N) is 1. The number of hydrogen-bond donors (Lipinski definition) is 3. The first-order chi connectivity index (χ1) is 18.6. The quantitative estimate of drug-likeness (QED) is 0.288. The van der Waals surface area contributed by atoms with Crippen LogP contribution in [0.15, 0.2) is 79.1 Å². The van der Waals surface area contributed by atoms with Gasteiger partial charge in [-0.1, -0.05) is 30.3 Å². The van der Waals surface area contributed by atoms with E-state index in [0.29, 0.717) is 35.7 Å². The second kappa shape index (κ2) is 9.93. The fourth-order valence-electron chi connectivity index (χ4n) is 5.06. The fraction of sp³-hybridized carbons (Fsp3) is 0.207. The molecule has 4 aromatic heterocycles. The summed E-state index contributed by atoms with van der Waals surface area (Å²) in [5.41, 5.74) is 11.0. The van der Waals surface area contributed by atoms with Gasteiger partial charge in [0.25, 0.3) is 0 Å². The number of carboxylic acid groups (broad SMARTS) is 1. The Morgan fingerprint density at radius 3 is 2.45 bits per heavy atom. The first-order valence-corrected chi connectivity index (χ1v) is 12.7. The number of rotatable bonds is 6. The molecule has 4 N–H and O–H groups in total. The Morgan fingerprint density at radius 1 is 0.921 bits per heavy atom. The number of nitrogens with one attached hydrogen (secondary N) is 1. The Balaban J connectivity index is 1.38. The van der Waals surface area contributed by atoms with Crippen LogP contribution in [0, 0.1) is 5.92 Å². The summed E-state index contributed by atoms with van der Waals surface area (Å²) in [4.78, 5) is 30.1. The second-order valence-corrected chi connectivity index (χ2v) is 9.55. The summed E-state index contributed by atoms with van der Waals surface area (Å²) in [5, 5.41) is 12.7. The minimum Gasteiger partial charge on any atom is -0.481 e. The molecular weight excluding hydrogens is 478 g/mol. The SMILES string of the molecule is Nc1ncccc1-c1nc2ccc(-c3ccccc3)nc2n1-c1ccc(NC2CCC(C(=O)O)CC2)nc1. The lowest BCUT2D eigenvalue weighted by atomic mass is 9.86. The number of nitrogens with zero attached hydrogens (tertiary/aromatic N) is 5. The van der Waals surface area contributed by atoms with Crippen LogP contribution in [0.2, 0.25) is 0 Å². The molecule has 5 aromatic rings. The number of hydrogen-bond acceptors (Lipinski definition) is 7. The predicted octanol–water partition coefficient (Wildman–Crippen LogP) is 5.18. The molecule has 38 heavy (non-hydrogen) atoms. The standard InChI is InChI=1S/C29H27N7O2/c30-26-22(7-4-16-31-26)27-35-24-14-13-23(18-5-2-1-3-6-18)34-28(24)36(27)21-12-15-25(32-17-21)33-20-10-8-19(9-11-20)29(37)38/h1-7,12-17,19-20H,8-11H2,(H2,30,31)(H,32,33)(H,37,38). The van der Waals surface area contributed by atoms with Gasteiger partial charge < -0.3 is 16.2 Å². The molecule has 1 aliphatic rings. The Hall–Kier alpha value is -4.79. The molecule has 0 aliphatic heterocycles. The summed E-state index contributed by atoms with van der Waals surface area (Å²) < 4.78 is 1.96. The van der Waals surface area contributed by atoms with Gasteiger partial charge in [0.15, 0.2) is 11.5 Å². The third-order valence-corrected chi connectivity index (χ3v) is 7.09. The Morgan fingerprint density at radius 2 is 1.74 bits per heavy atom. The summed E-state index contributed by atoms with van der Waals surface area (Å²) in [6.07, 6.45) is 6.42. The normalized spacial score (nSPS) is 17.4. The number of carbonyl (C=O) groups is 1. The topological polar surface area (TPSA) is 132 Å². The number of nitrogen functional groups attached to an aromatic ring is 1. The molecule has 9 heteroatoms.